The summed E-state index contributed by atoms with van der Waals surface area (Å²) in [7, 11) is 0. The Morgan fingerprint density at radius 3 is 2.67 bits per heavy atom. The van der Waals surface area contributed by atoms with Crippen LogP contribution in [-0.4, -0.2) is 11.2 Å². The second-order valence-corrected chi connectivity index (χ2v) is 3.01. The van der Waals surface area contributed by atoms with Gasteiger partial charge in [0.25, 0.3) is 5.92 Å². The van der Waals surface area contributed by atoms with Crippen molar-refractivity contribution in [1.29, 1.82) is 0 Å². The Kier molecular flexibility index (Phi) is 2.62. The molecule has 0 radical (unpaired) electrons. The number of alkyl halides is 2. The molecular weight excluding hydrogens is 186 g/mol. The molecule has 0 bridgehead atoms. The Morgan fingerprint density at radius 2 is 2.17 bits per heavy atom. The van der Waals surface area contributed by atoms with Gasteiger partial charge in [-0.3, -0.25) is 4.79 Å². The average molecular weight is 193 g/mol. The minimum Gasteiger partial charge on any atom is -0.281 e. The van der Waals surface area contributed by atoms with Gasteiger partial charge in [-0.15, -0.1) is 0 Å². The van der Waals surface area contributed by atoms with Crippen LogP contribution in [-0.2, 0) is 4.79 Å². The molecule has 66 valence electrons. The van der Waals surface area contributed by atoms with Crippen LogP contribution in [0.2, 0.25) is 0 Å². The molecule has 1 aliphatic carbocycles. The molecule has 0 heterocycles. The highest BCUT2D eigenvalue weighted by molar-refractivity contribution is 6.63. The molecule has 0 aliphatic heterocycles. The van der Waals surface area contributed by atoms with Crippen LogP contribution in [0.5, 0.6) is 0 Å². The molecule has 1 rings (SSSR count). The third kappa shape index (κ3) is 2.14. The third-order valence-corrected chi connectivity index (χ3v) is 1.80. The lowest BCUT2D eigenvalue weighted by Crippen LogP contribution is -2.27. The first kappa shape index (κ1) is 9.39. The molecule has 0 aromatic carbocycles. The predicted octanol–water partition coefficient (Wildman–Crippen LogP) is 2.52. The van der Waals surface area contributed by atoms with E-state index in [2.05, 4.69) is 0 Å². The van der Waals surface area contributed by atoms with E-state index in [-0.39, 0.29) is 6.42 Å². The van der Waals surface area contributed by atoms with E-state index in [4.69, 9.17) is 11.6 Å². The Morgan fingerprint density at radius 1 is 1.50 bits per heavy atom. The van der Waals surface area contributed by atoms with Crippen molar-refractivity contribution in [3.05, 3.63) is 24.3 Å². The minimum absolute atomic E-state index is 0.324. The van der Waals surface area contributed by atoms with E-state index in [0.29, 0.717) is 0 Å². The molecule has 0 aromatic heterocycles. The maximum absolute atomic E-state index is 12.9. The van der Waals surface area contributed by atoms with Gasteiger partial charge < -0.3 is 0 Å². The van der Waals surface area contributed by atoms with Gasteiger partial charge in [-0.2, -0.15) is 0 Å². The van der Waals surface area contributed by atoms with Crippen molar-refractivity contribution >= 4 is 16.8 Å². The molecule has 0 saturated carbocycles. The molecule has 12 heavy (non-hydrogen) atoms. The maximum atomic E-state index is 12.9. The molecule has 4 heteroatoms. The summed E-state index contributed by atoms with van der Waals surface area (Å²) in [4.78, 5) is 10.4. The molecule has 0 saturated heterocycles. The summed E-state index contributed by atoms with van der Waals surface area (Å²) in [5, 5.41) is -0.736. The van der Waals surface area contributed by atoms with Crippen molar-refractivity contribution in [3.63, 3.8) is 0 Å². The molecule has 0 aromatic rings. The van der Waals surface area contributed by atoms with E-state index in [9.17, 15) is 13.6 Å². The second kappa shape index (κ2) is 3.35. The summed E-state index contributed by atoms with van der Waals surface area (Å²) in [6.07, 6.45) is 4.49. The van der Waals surface area contributed by atoms with Gasteiger partial charge in [0.1, 0.15) is 0 Å². The number of rotatable bonds is 2. The van der Waals surface area contributed by atoms with E-state index in [0.717, 1.165) is 6.08 Å². The lowest BCUT2D eigenvalue weighted by molar-refractivity contribution is -0.114. The van der Waals surface area contributed by atoms with E-state index >= 15 is 0 Å². The fraction of sp³-hybridized carbons (Fsp3) is 0.375. The highest BCUT2D eigenvalue weighted by Gasteiger charge is 2.37. The van der Waals surface area contributed by atoms with Crippen LogP contribution in [0, 0.1) is 5.92 Å². The van der Waals surface area contributed by atoms with Gasteiger partial charge in [0, 0.05) is 6.42 Å². The summed E-state index contributed by atoms with van der Waals surface area (Å²) in [5.41, 5.74) is 0. The maximum Gasteiger partial charge on any atom is 0.273 e. The molecule has 0 spiro atoms. The first-order chi connectivity index (χ1) is 5.52. The highest BCUT2D eigenvalue weighted by Crippen LogP contribution is 2.32. The van der Waals surface area contributed by atoms with Crippen LogP contribution < -0.4 is 0 Å². The normalized spacial score (nSPS) is 25.8. The number of hydrogen-bond donors (Lipinski definition) is 0. The molecule has 1 unspecified atom stereocenters. The fourth-order valence-electron chi connectivity index (χ4n) is 1.01. The molecular formula is C8H7ClF2O. The van der Waals surface area contributed by atoms with Crippen LogP contribution >= 0.6 is 11.6 Å². The van der Waals surface area contributed by atoms with Crippen molar-refractivity contribution in [2.45, 2.75) is 12.3 Å². The third-order valence-electron chi connectivity index (χ3n) is 1.65. The first-order valence-electron chi connectivity index (χ1n) is 3.44. The summed E-state index contributed by atoms with van der Waals surface area (Å²) >= 11 is 5.01. The largest absolute Gasteiger partial charge is 0.281 e. The molecule has 0 amide bonds. The van der Waals surface area contributed by atoms with Crippen LogP contribution in [0.3, 0.4) is 0 Å². The summed E-state index contributed by atoms with van der Waals surface area (Å²) in [5.74, 6) is -4.04. The number of allylic oxidation sites excluding steroid dienone is 4. The summed E-state index contributed by atoms with van der Waals surface area (Å²) < 4.78 is 25.8. The topological polar surface area (TPSA) is 17.1 Å². The van der Waals surface area contributed by atoms with Gasteiger partial charge in [0.15, 0.2) is 0 Å². The molecule has 0 N–H and O–H groups in total. The second-order valence-electron chi connectivity index (χ2n) is 2.58. The molecule has 1 atom stereocenters. The van der Waals surface area contributed by atoms with Crippen LogP contribution in [0.25, 0.3) is 0 Å². The molecule has 0 fully saturated rings. The van der Waals surface area contributed by atoms with Gasteiger partial charge in [-0.25, -0.2) is 8.78 Å². The Hall–Kier alpha value is -0.700. The van der Waals surface area contributed by atoms with Crippen LogP contribution in [0.15, 0.2) is 24.3 Å². The number of halogens is 3. The zero-order valence-corrected chi connectivity index (χ0v) is 6.89. The zero-order chi connectivity index (χ0) is 9.19. The molecule has 1 aliphatic rings. The number of carbonyl (C=O) groups is 1. The van der Waals surface area contributed by atoms with E-state index in [1.165, 1.54) is 18.2 Å². The number of hydrogen-bond acceptors (Lipinski definition) is 1. The van der Waals surface area contributed by atoms with Gasteiger partial charge in [-0.1, -0.05) is 18.2 Å². The first-order valence-corrected chi connectivity index (χ1v) is 3.82. The van der Waals surface area contributed by atoms with Gasteiger partial charge in [0.2, 0.25) is 5.24 Å². The monoisotopic (exact) mass is 192 g/mol. The fourth-order valence-corrected chi connectivity index (χ4v) is 1.18. The average Bonchev–Trinajstić information content (AvgIpc) is 1.92. The predicted molar refractivity (Wildman–Crippen MR) is 42.2 cm³/mol. The Bertz CT molecular complexity index is 245. The summed E-state index contributed by atoms with van der Waals surface area (Å²) in [6.45, 7) is 0. The Labute approximate surface area is 73.7 Å². The standard InChI is InChI=1S/C8H7ClF2O/c9-7(12)5-6-3-1-2-4-8(6,10)11/h1-4,6H,5H2. The van der Waals surface area contributed by atoms with Crippen molar-refractivity contribution in [1.82, 2.24) is 0 Å². The lowest BCUT2D eigenvalue weighted by Gasteiger charge is -2.21. The minimum atomic E-state index is -2.95. The van der Waals surface area contributed by atoms with Gasteiger partial charge >= 0.3 is 0 Å². The SMILES string of the molecule is O=C(Cl)CC1C=CC=CC1(F)F. The van der Waals surface area contributed by atoms with Gasteiger partial charge in [0.05, 0.1) is 5.92 Å². The smallest absolute Gasteiger partial charge is 0.273 e. The van der Waals surface area contributed by atoms with Crippen molar-refractivity contribution in [2.24, 2.45) is 5.92 Å². The van der Waals surface area contributed by atoms with Gasteiger partial charge in [-0.05, 0) is 17.7 Å². The van der Waals surface area contributed by atoms with E-state index in [1.54, 1.807) is 0 Å². The van der Waals surface area contributed by atoms with E-state index < -0.39 is 17.1 Å². The lowest BCUT2D eigenvalue weighted by atomic mass is 9.94. The molecule has 1 nitrogen and oxygen atoms in total. The Balaban J connectivity index is 2.70. The van der Waals surface area contributed by atoms with Crippen LogP contribution in [0.4, 0.5) is 8.78 Å². The van der Waals surface area contributed by atoms with Crippen LogP contribution in [0.1, 0.15) is 6.42 Å². The quantitative estimate of drug-likeness (QED) is 0.615. The zero-order valence-electron chi connectivity index (χ0n) is 6.14. The van der Waals surface area contributed by atoms with Crippen molar-refractivity contribution in [3.8, 4) is 0 Å². The van der Waals surface area contributed by atoms with Crippen molar-refractivity contribution in [2.75, 3.05) is 0 Å². The van der Waals surface area contributed by atoms with Crippen molar-refractivity contribution < 1.29 is 13.6 Å². The summed E-state index contributed by atoms with van der Waals surface area (Å²) in [6, 6.07) is 0. The van der Waals surface area contributed by atoms with E-state index in [1.807, 2.05) is 0 Å². The highest BCUT2D eigenvalue weighted by atomic mass is 35.5. The number of carbonyl (C=O) groups excluding carboxylic acids is 1.